The van der Waals surface area contributed by atoms with Crippen LogP contribution < -0.4 is 0 Å². The molecule has 0 aromatic rings. The van der Waals surface area contributed by atoms with Crippen LogP contribution in [-0.2, 0) is 4.79 Å². The van der Waals surface area contributed by atoms with E-state index in [0.29, 0.717) is 11.6 Å². The van der Waals surface area contributed by atoms with Gasteiger partial charge in [0.15, 0.2) is 0 Å². The van der Waals surface area contributed by atoms with Gasteiger partial charge in [-0.05, 0) is 11.7 Å². The molecule has 115 valence electrons. The Hall–Kier alpha value is -0.265. The maximum atomic E-state index is 12.7. The summed E-state index contributed by atoms with van der Waals surface area (Å²) in [4.78, 5) is 12.7. The van der Waals surface area contributed by atoms with Gasteiger partial charge in [-0.15, -0.1) is 0 Å². The number of carbonyl (C=O) groups excluding carboxylic acids is 1. The van der Waals surface area contributed by atoms with Crippen molar-refractivity contribution >= 4 is 13.1 Å². The zero-order valence-electron chi connectivity index (χ0n) is 14.2. The molecular formula is C18H34BO. The third-order valence-electron chi connectivity index (χ3n) is 5.36. The Morgan fingerprint density at radius 1 is 1.10 bits per heavy atom. The van der Waals surface area contributed by atoms with E-state index in [4.69, 9.17) is 0 Å². The number of Topliss-reactive ketones (excluding diaryl/α,β-unsaturated/α-hetero) is 1. The molecule has 0 heterocycles. The van der Waals surface area contributed by atoms with Crippen molar-refractivity contribution < 1.29 is 4.79 Å². The molecule has 1 saturated carbocycles. The minimum Gasteiger partial charge on any atom is -0.300 e. The molecule has 2 unspecified atom stereocenters. The molecule has 1 fully saturated rings. The molecule has 0 N–H and O–H groups in total. The van der Waals surface area contributed by atoms with E-state index in [0.717, 1.165) is 12.8 Å². The second-order valence-electron chi connectivity index (χ2n) is 7.07. The molecule has 0 aliphatic heterocycles. The van der Waals surface area contributed by atoms with E-state index in [1.54, 1.807) is 0 Å². The summed E-state index contributed by atoms with van der Waals surface area (Å²) in [7, 11) is 2.44. The topological polar surface area (TPSA) is 17.1 Å². The molecule has 1 radical (unpaired) electrons. The molecule has 0 saturated heterocycles. The lowest BCUT2D eigenvalue weighted by Crippen LogP contribution is -2.33. The Morgan fingerprint density at radius 3 is 2.05 bits per heavy atom. The molecule has 1 rings (SSSR count). The van der Waals surface area contributed by atoms with Crippen LogP contribution in [0.2, 0.25) is 11.1 Å². The highest BCUT2D eigenvalue weighted by molar-refractivity contribution is 6.49. The Morgan fingerprint density at radius 2 is 1.60 bits per heavy atom. The third-order valence-corrected chi connectivity index (χ3v) is 5.36. The summed E-state index contributed by atoms with van der Waals surface area (Å²) in [6, 6.07) is 0. The van der Waals surface area contributed by atoms with Gasteiger partial charge in [-0.1, -0.05) is 91.3 Å². The summed E-state index contributed by atoms with van der Waals surface area (Å²) >= 11 is 0. The summed E-state index contributed by atoms with van der Waals surface area (Å²) in [5.74, 6) is 1.32. The lowest BCUT2D eigenvalue weighted by Gasteiger charge is -2.32. The van der Waals surface area contributed by atoms with Crippen LogP contribution in [0.25, 0.3) is 0 Å². The van der Waals surface area contributed by atoms with Crippen LogP contribution in [0.5, 0.6) is 0 Å². The lowest BCUT2D eigenvalue weighted by molar-refractivity contribution is -0.125. The SMILES string of the molecule is CCC(C)C(=O)C(C)([B]C1CCCCCCCC1)CC. The summed E-state index contributed by atoms with van der Waals surface area (Å²) in [6.07, 6.45) is 12.8. The van der Waals surface area contributed by atoms with Gasteiger partial charge in [0.25, 0.3) is 0 Å². The summed E-state index contributed by atoms with van der Waals surface area (Å²) < 4.78 is 0. The molecule has 0 spiro atoms. The number of hydrogen-bond acceptors (Lipinski definition) is 1. The Kier molecular flexibility index (Phi) is 7.91. The molecule has 2 heteroatoms. The average Bonchev–Trinajstić information content (AvgIpc) is 2.59. The van der Waals surface area contributed by atoms with Crippen molar-refractivity contribution in [1.82, 2.24) is 0 Å². The van der Waals surface area contributed by atoms with Crippen LogP contribution in [0.3, 0.4) is 0 Å². The van der Waals surface area contributed by atoms with Crippen molar-refractivity contribution in [2.45, 2.75) is 103 Å². The number of hydrogen-bond donors (Lipinski definition) is 0. The highest BCUT2D eigenvalue weighted by atomic mass is 16.1. The summed E-state index contributed by atoms with van der Waals surface area (Å²) in [5.41, 5.74) is 0. The standard InChI is InChI=1S/C18H34BO/c1-5-15(3)17(20)18(4,6-2)19-16-13-11-9-7-8-10-12-14-16/h15-16H,5-14H2,1-4H3. The van der Waals surface area contributed by atoms with Gasteiger partial charge >= 0.3 is 0 Å². The fourth-order valence-electron chi connectivity index (χ4n) is 3.47. The molecule has 2 atom stereocenters. The minimum atomic E-state index is -0.200. The first-order valence-corrected chi connectivity index (χ1v) is 8.93. The van der Waals surface area contributed by atoms with Crippen LogP contribution in [0.1, 0.15) is 91.9 Å². The van der Waals surface area contributed by atoms with Gasteiger partial charge in [0.1, 0.15) is 13.1 Å². The molecule has 0 bridgehead atoms. The van der Waals surface area contributed by atoms with Crippen LogP contribution in [-0.4, -0.2) is 13.1 Å². The van der Waals surface area contributed by atoms with Gasteiger partial charge in [0.05, 0.1) is 0 Å². The largest absolute Gasteiger partial charge is 0.300 e. The van der Waals surface area contributed by atoms with Gasteiger partial charge in [0, 0.05) is 5.92 Å². The zero-order valence-corrected chi connectivity index (χ0v) is 14.2. The van der Waals surface area contributed by atoms with E-state index in [1.165, 1.54) is 51.4 Å². The van der Waals surface area contributed by atoms with Crippen molar-refractivity contribution in [2.75, 3.05) is 0 Å². The van der Waals surface area contributed by atoms with Gasteiger partial charge in [-0.2, -0.15) is 0 Å². The van der Waals surface area contributed by atoms with Crippen molar-refractivity contribution in [1.29, 1.82) is 0 Å². The van der Waals surface area contributed by atoms with Gasteiger partial charge < -0.3 is 0 Å². The fourth-order valence-corrected chi connectivity index (χ4v) is 3.47. The van der Waals surface area contributed by atoms with Crippen molar-refractivity contribution in [3.05, 3.63) is 0 Å². The third kappa shape index (κ3) is 5.26. The van der Waals surface area contributed by atoms with Gasteiger partial charge in [-0.3, -0.25) is 4.79 Å². The van der Waals surface area contributed by atoms with Crippen LogP contribution in [0.15, 0.2) is 0 Å². The summed E-state index contributed by atoms with van der Waals surface area (Å²) in [6.45, 7) is 8.56. The molecule has 0 amide bonds. The molecule has 1 aliphatic carbocycles. The Balaban J connectivity index is 2.65. The first-order chi connectivity index (χ1) is 9.53. The van der Waals surface area contributed by atoms with Crippen LogP contribution >= 0.6 is 0 Å². The molecule has 0 aromatic heterocycles. The zero-order chi connectivity index (χ0) is 15.0. The Bertz CT molecular complexity index is 279. The second kappa shape index (κ2) is 8.90. The van der Waals surface area contributed by atoms with E-state index in [1.807, 2.05) is 0 Å². The highest BCUT2D eigenvalue weighted by Gasteiger charge is 2.36. The lowest BCUT2D eigenvalue weighted by atomic mass is 9.41. The number of rotatable bonds is 6. The normalized spacial score (nSPS) is 23.0. The fraction of sp³-hybridized carbons (Fsp3) is 0.944. The Labute approximate surface area is 127 Å². The minimum absolute atomic E-state index is 0.200. The molecular weight excluding hydrogens is 243 g/mol. The average molecular weight is 277 g/mol. The maximum Gasteiger partial charge on any atom is 0.133 e. The quantitative estimate of drug-likeness (QED) is 0.559. The van der Waals surface area contributed by atoms with E-state index >= 15 is 0 Å². The summed E-state index contributed by atoms with van der Waals surface area (Å²) in [5, 5.41) is -0.200. The maximum absolute atomic E-state index is 12.7. The molecule has 1 aliphatic rings. The van der Waals surface area contributed by atoms with E-state index in [-0.39, 0.29) is 11.2 Å². The second-order valence-corrected chi connectivity index (χ2v) is 7.07. The van der Waals surface area contributed by atoms with Crippen molar-refractivity contribution in [2.24, 2.45) is 5.92 Å². The first kappa shape index (κ1) is 17.8. The van der Waals surface area contributed by atoms with Crippen molar-refractivity contribution in [3.63, 3.8) is 0 Å². The van der Waals surface area contributed by atoms with E-state index < -0.39 is 0 Å². The molecule has 0 aromatic carbocycles. The predicted molar refractivity (Wildman–Crippen MR) is 89.6 cm³/mol. The van der Waals surface area contributed by atoms with E-state index in [9.17, 15) is 4.79 Å². The number of carbonyl (C=O) groups is 1. The van der Waals surface area contributed by atoms with E-state index in [2.05, 4.69) is 35.0 Å². The molecule has 1 nitrogen and oxygen atoms in total. The first-order valence-electron chi connectivity index (χ1n) is 8.93. The van der Waals surface area contributed by atoms with Crippen LogP contribution in [0, 0.1) is 5.92 Å². The van der Waals surface area contributed by atoms with Gasteiger partial charge in [-0.25, -0.2) is 0 Å². The van der Waals surface area contributed by atoms with Crippen LogP contribution in [0.4, 0.5) is 0 Å². The predicted octanol–water partition coefficient (Wildman–Crippen LogP) is 5.82. The highest BCUT2D eigenvalue weighted by Crippen LogP contribution is 2.40. The van der Waals surface area contributed by atoms with Crippen molar-refractivity contribution in [3.8, 4) is 0 Å². The smallest absolute Gasteiger partial charge is 0.133 e. The van der Waals surface area contributed by atoms with Gasteiger partial charge in [0.2, 0.25) is 0 Å². The number of ketones is 1. The monoisotopic (exact) mass is 277 g/mol. The molecule has 20 heavy (non-hydrogen) atoms.